The first-order valence-corrected chi connectivity index (χ1v) is 5.54. The summed E-state index contributed by atoms with van der Waals surface area (Å²) in [4.78, 5) is 26.4. The van der Waals surface area contributed by atoms with Gasteiger partial charge in [-0.2, -0.15) is 4.98 Å². The molecule has 1 aromatic heterocycles. The van der Waals surface area contributed by atoms with Crippen LogP contribution in [0.25, 0.3) is 0 Å². The van der Waals surface area contributed by atoms with Gasteiger partial charge in [-0.1, -0.05) is 0 Å². The molecule has 0 saturated carbocycles. The van der Waals surface area contributed by atoms with E-state index in [0.29, 0.717) is 12.0 Å². The average molecular weight is 254 g/mol. The summed E-state index contributed by atoms with van der Waals surface area (Å²) in [5.74, 6) is -0.899. The van der Waals surface area contributed by atoms with Crippen LogP contribution in [-0.2, 0) is 9.53 Å². The molecule has 1 saturated heterocycles. The highest BCUT2D eigenvalue weighted by Gasteiger charge is 2.44. The highest BCUT2D eigenvalue weighted by Crippen LogP contribution is 2.32. The first-order valence-electron chi connectivity index (χ1n) is 5.54. The van der Waals surface area contributed by atoms with Gasteiger partial charge in [-0.05, 0) is 13.0 Å². The zero-order valence-corrected chi connectivity index (χ0v) is 9.76. The van der Waals surface area contributed by atoms with E-state index in [4.69, 9.17) is 9.84 Å². The predicted octanol–water partition coefficient (Wildman–Crippen LogP) is -1.38. The zero-order chi connectivity index (χ0) is 13.3. The Morgan fingerprint density at radius 2 is 2.33 bits per heavy atom. The summed E-state index contributed by atoms with van der Waals surface area (Å²) < 4.78 is 6.47. The van der Waals surface area contributed by atoms with Crippen LogP contribution in [0.1, 0.15) is 11.9 Å². The van der Waals surface area contributed by atoms with E-state index in [1.165, 1.54) is 6.20 Å². The molecule has 7 heteroatoms. The number of hydrogen-bond donors (Lipinski definition) is 2. The van der Waals surface area contributed by atoms with Gasteiger partial charge in [-0.3, -0.25) is 4.57 Å². The van der Waals surface area contributed by atoms with Gasteiger partial charge in [-0.15, -0.1) is 0 Å². The second-order valence-corrected chi connectivity index (χ2v) is 4.21. The summed E-state index contributed by atoms with van der Waals surface area (Å²) in [5, 5.41) is 18.8. The molecule has 0 radical (unpaired) electrons. The minimum atomic E-state index is -1.13. The molecule has 2 rings (SSSR count). The molecule has 2 heterocycles. The lowest BCUT2D eigenvalue weighted by Gasteiger charge is -2.16. The number of rotatable bonds is 3. The van der Waals surface area contributed by atoms with Crippen LogP contribution in [0.5, 0.6) is 0 Å². The fourth-order valence-corrected chi connectivity index (χ4v) is 2.01. The van der Waals surface area contributed by atoms with Crippen LogP contribution >= 0.6 is 0 Å². The van der Waals surface area contributed by atoms with Crippen molar-refractivity contribution in [1.82, 2.24) is 9.55 Å². The molecule has 4 atom stereocenters. The van der Waals surface area contributed by atoms with Gasteiger partial charge >= 0.3 is 5.69 Å². The highest BCUT2D eigenvalue weighted by molar-refractivity contribution is 5.56. The molecule has 1 aliphatic rings. The quantitative estimate of drug-likeness (QED) is 0.644. The summed E-state index contributed by atoms with van der Waals surface area (Å²) in [6.07, 6.45) is -0.963. The van der Waals surface area contributed by atoms with Crippen LogP contribution in [-0.4, -0.2) is 44.9 Å². The van der Waals surface area contributed by atoms with Gasteiger partial charge in [0.1, 0.15) is 12.4 Å². The summed E-state index contributed by atoms with van der Waals surface area (Å²) in [6, 6.07) is 1.60. The lowest BCUT2D eigenvalue weighted by atomic mass is 10.0. The number of carbonyl (C=O) groups is 1. The Hall–Kier alpha value is -1.57. The second kappa shape index (κ2) is 4.97. The first kappa shape index (κ1) is 12.9. The molecule has 7 nitrogen and oxygen atoms in total. The van der Waals surface area contributed by atoms with E-state index in [9.17, 15) is 14.7 Å². The number of hydrogen-bond acceptors (Lipinski definition) is 6. The van der Waals surface area contributed by atoms with Crippen molar-refractivity contribution in [2.24, 2.45) is 5.92 Å². The lowest BCUT2D eigenvalue weighted by Crippen LogP contribution is -2.33. The lowest BCUT2D eigenvalue weighted by molar-refractivity contribution is -0.116. The minimum absolute atomic E-state index is 0.421. The van der Waals surface area contributed by atoms with Crippen LogP contribution in [0, 0.1) is 12.8 Å². The van der Waals surface area contributed by atoms with Gasteiger partial charge in [0.25, 0.3) is 0 Å². The van der Waals surface area contributed by atoms with Crippen LogP contribution in [0.15, 0.2) is 17.1 Å². The molecule has 0 aliphatic carbocycles. The fraction of sp³-hybridized carbons (Fsp3) is 0.545. The molecule has 98 valence electrons. The standard InChI is InChI=1S/C11H14N2O5/c1-6-2-3-13(11(17)12-6)10-7(4-14)9(16)8(5-15)18-10/h2-4,7-10,15-16H,5H2,1H3/t7-,8+,9+,10+/m0/s1. The van der Waals surface area contributed by atoms with Crippen molar-refractivity contribution in [2.45, 2.75) is 25.4 Å². The summed E-state index contributed by atoms with van der Waals surface area (Å²) in [5.41, 5.74) is -0.00574. The van der Waals surface area contributed by atoms with Crippen LogP contribution < -0.4 is 5.69 Å². The van der Waals surface area contributed by atoms with E-state index < -0.39 is 36.7 Å². The third-order valence-electron chi connectivity index (χ3n) is 3.00. The van der Waals surface area contributed by atoms with Crippen LogP contribution in [0.4, 0.5) is 0 Å². The molecule has 1 fully saturated rings. The monoisotopic (exact) mass is 254 g/mol. The van der Waals surface area contributed by atoms with Crippen molar-refractivity contribution in [2.75, 3.05) is 6.61 Å². The molecule has 0 amide bonds. The van der Waals surface area contributed by atoms with Crippen molar-refractivity contribution >= 4 is 6.29 Å². The topological polar surface area (TPSA) is 102 Å². The van der Waals surface area contributed by atoms with E-state index in [1.54, 1.807) is 13.0 Å². The Bertz CT molecular complexity index is 500. The molecule has 0 unspecified atom stereocenters. The van der Waals surface area contributed by atoms with E-state index in [-0.39, 0.29) is 0 Å². The molecular weight excluding hydrogens is 240 g/mol. The molecule has 2 N–H and O–H groups in total. The smallest absolute Gasteiger partial charge is 0.349 e. The van der Waals surface area contributed by atoms with Crippen molar-refractivity contribution in [3.05, 3.63) is 28.4 Å². The molecule has 0 bridgehead atoms. The second-order valence-electron chi connectivity index (χ2n) is 4.21. The molecule has 18 heavy (non-hydrogen) atoms. The SMILES string of the molecule is Cc1ccn([C@@H]2O[C@H](CO)[C@H](O)[C@@H]2C=O)c(=O)n1. The maximum atomic E-state index is 11.7. The Kier molecular flexibility index (Phi) is 3.55. The fourth-order valence-electron chi connectivity index (χ4n) is 2.01. The average Bonchev–Trinajstić information content (AvgIpc) is 2.65. The van der Waals surface area contributed by atoms with Gasteiger partial charge in [-0.25, -0.2) is 4.79 Å². The summed E-state index contributed by atoms with van der Waals surface area (Å²) >= 11 is 0. The normalized spacial score (nSPS) is 31.5. The minimum Gasteiger partial charge on any atom is -0.394 e. The van der Waals surface area contributed by atoms with E-state index in [2.05, 4.69) is 4.98 Å². The van der Waals surface area contributed by atoms with Gasteiger partial charge < -0.3 is 19.7 Å². The number of aldehydes is 1. The number of ether oxygens (including phenoxy) is 1. The Labute approximate surface area is 103 Å². The zero-order valence-electron chi connectivity index (χ0n) is 9.76. The number of aliphatic hydroxyl groups is 2. The van der Waals surface area contributed by atoms with Gasteiger partial charge in [0.2, 0.25) is 0 Å². The number of aromatic nitrogens is 2. The number of aliphatic hydroxyl groups excluding tert-OH is 2. The van der Waals surface area contributed by atoms with Crippen molar-refractivity contribution in [3.8, 4) is 0 Å². The van der Waals surface area contributed by atoms with E-state index in [1.807, 2.05) is 0 Å². The van der Waals surface area contributed by atoms with E-state index in [0.717, 1.165) is 4.57 Å². The Balaban J connectivity index is 2.38. The largest absolute Gasteiger partial charge is 0.394 e. The van der Waals surface area contributed by atoms with Gasteiger partial charge in [0, 0.05) is 11.9 Å². The van der Waals surface area contributed by atoms with Crippen LogP contribution in [0.2, 0.25) is 0 Å². The van der Waals surface area contributed by atoms with Gasteiger partial charge in [0.15, 0.2) is 6.23 Å². The first-order chi connectivity index (χ1) is 8.58. The van der Waals surface area contributed by atoms with Crippen molar-refractivity contribution in [3.63, 3.8) is 0 Å². The summed E-state index contributed by atoms with van der Waals surface area (Å²) in [6.45, 7) is 1.25. The highest BCUT2D eigenvalue weighted by atomic mass is 16.5. The van der Waals surface area contributed by atoms with E-state index >= 15 is 0 Å². The molecular formula is C11H14N2O5. The van der Waals surface area contributed by atoms with Crippen molar-refractivity contribution in [1.29, 1.82) is 0 Å². The maximum absolute atomic E-state index is 11.7. The summed E-state index contributed by atoms with van der Waals surface area (Å²) in [7, 11) is 0. The molecule has 1 aliphatic heterocycles. The van der Waals surface area contributed by atoms with Crippen molar-refractivity contribution < 1.29 is 19.7 Å². The Morgan fingerprint density at radius 1 is 1.61 bits per heavy atom. The molecule has 1 aromatic rings. The number of aryl methyl sites for hydroxylation is 1. The van der Waals surface area contributed by atoms with Gasteiger partial charge in [0.05, 0.1) is 18.6 Å². The molecule has 0 spiro atoms. The maximum Gasteiger partial charge on any atom is 0.349 e. The predicted molar refractivity (Wildman–Crippen MR) is 59.8 cm³/mol. The number of nitrogens with zero attached hydrogens (tertiary/aromatic N) is 2. The molecule has 0 aromatic carbocycles. The third kappa shape index (κ3) is 2.07. The Morgan fingerprint density at radius 3 is 2.89 bits per heavy atom. The van der Waals surface area contributed by atoms with Crippen LogP contribution in [0.3, 0.4) is 0 Å². The third-order valence-corrected chi connectivity index (χ3v) is 3.00. The number of carbonyl (C=O) groups excluding carboxylic acids is 1.